The lowest BCUT2D eigenvalue weighted by molar-refractivity contribution is 0.517. The molecule has 1 atom stereocenters. The number of halogens is 1. The first-order chi connectivity index (χ1) is 9.99. The van der Waals surface area contributed by atoms with Crippen LogP contribution in [0, 0.1) is 19.8 Å². The number of benzene rings is 2. The predicted octanol–water partition coefficient (Wildman–Crippen LogP) is 5.92. The zero-order valence-corrected chi connectivity index (χ0v) is 14.9. The molecule has 0 aliphatic heterocycles. The summed E-state index contributed by atoms with van der Waals surface area (Å²) in [7, 11) is 0. The third-order valence-electron chi connectivity index (χ3n) is 3.96. The fraction of sp³-hybridized carbons (Fsp3) is 0.368. The summed E-state index contributed by atoms with van der Waals surface area (Å²) in [5.41, 5.74) is 5.19. The van der Waals surface area contributed by atoms with E-state index in [1.54, 1.807) is 0 Å². The van der Waals surface area contributed by atoms with E-state index in [-0.39, 0.29) is 0 Å². The molecule has 2 aromatic rings. The summed E-state index contributed by atoms with van der Waals surface area (Å²) >= 11 is 3.68. The molecule has 0 fully saturated rings. The Morgan fingerprint density at radius 1 is 1.05 bits per heavy atom. The van der Waals surface area contributed by atoms with Crippen molar-refractivity contribution in [3.63, 3.8) is 0 Å². The van der Waals surface area contributed by atoms with Gasteiger partial charge in [0.15, 0.2) is 0 Å². The van der Waals surface area contributed by atoms with E-state index in [9.17, 15) is 0 Å². The van der Waals surface area contributed by atoms with Gasteiger partial charge in [0.25, 0.3) is 0 Å². The van der Waals surface area contributed by atoms with Crippen molar-refractivity contribution in [2.75, 3.05) is 11.9 Å². The molecule has 0 aliphatic rings. The van der Waals surface area contributed by atoms with Crippen molar-refractivity contribution in [2.24, 2.45) is 5.92 Å². The molecule has 0 saturated heterocycles. The van der Waals surface area contributed by atoms with Crippen molar-refractivity contribution in [3.05, 3.63) is 63.6 Å². The van der Waals surface area contributed by atoms with Gasteiger partial charge in [0.1, 0.15) is 0 Å². The second-order valence-electron chi connectivity index (χ2n) is 6.08. The van der Waals surface area contributed by atoms with Crippen LogP contribution >= 0.6 is 15.9 Å². The number of nitrogens with one attached hydrogen (secondary N) is 1. The van der Waals surface area contributed by atoms with Crippen LogP contribution in [-0.2, 0) is 0 Å². The number of rotatable bonds is 5. The minimum Gasteiger partial charge on any atom is -0.383 e. The summed E-state index contributed by atoms with van der Waals surface area (Å²) in [4.78, 5) is 0. The smallest absolute Gasteiger partial charge is 0.0514 e. The topological polar surface area (TPSA) is 12.0 Å². The highest BCUT2D eigenvalue weighted by atomic mass is 79.9. The van der Waals surface area contributed by atoms with Crippen molar-refractivity contribution < 1.29 is 0 Å². The highest BCUT2D eigenvalue weighted by molar-refractivity contribution is 9.10. The Kier molecular flexibility index (Phi) is 5.46. The van der Waals surface area contributed by atoms with Crippen LogP contribution in [0.15, 0.2) is 46.9 Å². The Balaban J connectivity index is 2.17. The maximum atomic E-state index is 3.68. The maximum absolute atomic E-state index is 3.68. The molecule has 0 saturated carbocycles. The second-order valence-corrected chi connectivity index (χ2v) is 6.94. The average Bonchev–Trinajstić information content (AvgIpc) is 2.42. The van der Waals surface area contributed by atoms with Gasteiger partial charge >= 0.3 is 0 Å². The van der Waals surface area contributed by atoms with Crippen LogP contribution in [0.1, 0.15) is 36.5 Å². The van der Waals surface area contributed by atoms with Gasteiger partial charge in [0.05, 0.1) is 5.69 Å². The minimum absolute atomic E-state index is 0.513. The van der Waals surface area contributed by atoms with Crippen LogP contribution < -0.4 is 5.32 Å². The summed E-state index contributed by atoms with van der Waals surface area (Å²) in [6, 6.07) is 15.2. The molecule has 0 amide bonds. The van der Waals surface area contributed by atoms with Gasteiger partial charge in [0, 0.05) is 16.9 Å². The molecule has 112 valence electrons. The van der Waals surface area contributed by atoms with E-state index in [4.69, 9.17) is 0 Å². The van der Waals surface area contributed by atoms with Crippen molar-refractivity contribution in [1.82, 2.24) is 0 Å². The molecule has 2 heteroatoms. The highest BCUT2D eigenvalue weighted by Crippen LogP contribution is 2.30. The van der Waals surface area contributed by atoms with Gasteiger partial charge in [-0.25, -0.2) is 0 Å². The fourth-order valence-electron chi connectivity index (χ4n) is 2.79. The van der Waals surface area contributed by atoms with E-state index in [0.717, 1.165) is 11.0 Å². The standard InChI is InChI=1S/C19H24BrN/c1-13(2)17(16-8-6-5-7-9-16)12-21-19-15(4)10-14(3)11-18(19)20/h5-11,13,17,21H,12H2,1-4H3. The van der Waals surface area contributed by atoms with Crippen molar-refractivity contribution in [2.45, 2.75) is 33.6 Å². The van der Waals surface area contributed by atoms with E-state index >= 15 is 0 Å². The van der Waals surface area contributed by atoms with Crippen LogP contribution in [0.4, 0.5) is 5.69 Å². The highest BCUT2D eigenvalue weighted by Gasteiger charge is 2.16. The molecule has 1 nitrogen and oxygen atoms in total. The van der Waals surface area contributed by atoms with Crippen LogP contribution in [0.3, 0.4) is 0 Å². The molecule has 0 heterocycles. The monoisotopic (exact) mass is 345 g/mol. The molecule has 0 aromatic heterocycles. The van der Waals surface area contributed by atoms with E-state index in [0.29, 0.717) is 11.8 Å². The SMILES string of the molecule is Cc1cc(C)c(NCC(c2ccccc2)C(C)C)c(Br)c1. The van der Waals surface area contributed by atoms with E-state index < -0.39 is 0 Å². The number of hydrogen-bond donors (Lipinski definition) is 1. The third-order valence-corrected chi connectivity index (χ3v) is 4.59. The van der Waals surface area contributed by atoms with Gasteiger partial charge in [-0.3, -0.25) is 0 Å². The number of hydrogen-bond acceptors (Lipinski definition) is 1. The van der Waals surface area contributed by atoms with E-state index in [1.807, 2.05) is 0 Å². The van der Waals surface area contributed by atoms with Gasteiger partial charge < -0.3 is 5.32 Å². The molecule has 1 N–H and O–H groups in total. The summed E-state index contributed by atoms with van der Waals surface area (Å²) in [5, 5.41) is 3.64. The zero-order chi connectivity index (χ0) is 15.4. The lowest BCUT2D eigenvalue weighted by Crippen LogP contribution is -2.18. The summed E-state index contributed by atoms with van der Waals surface area (Å²) < 4.78 is 1.15. The van der Waals surface area contributed by atoms with Crippen LogP contribution in [0.2, 0.25) is 0 Å². The van der Waals surface area contributed by atoms with Gasteiger partial charge in [-0.2, -0.15) is 0 Å². The van der Waals surface area contributed by atoms with Crippen molar-refractivity contribution in [3.8, 4) is 0 Å². The third kappa shape index (κ3) is 4.10. The molecule has 2 aromatic carbocycles. The van der Waals surface area contributed by atoms with Gasteiger partial charge in [-0.05, 0) is 58.5 Å². The Morgan fingerprint density at radius 2 is 1.71 bits per heavy atom. The van der Waals surface area contributed by atoms with Gasteiger partial charge in [-0.1, -0.05) is 50.2 Å². The number of anilines is 1. The molecule has 21 heavy (non-hydrogen) atoms. The molecule has 0 radical (unpaired) electrons. The van der Waals surface area contributed by atoms with Crippen LogP contribution in [0.25, 0.3) is 0 Å². The Morgan fingerprint density at radius 3 is 2.29 bits per heavy atom. The molecule has 0 bridgehead atoms. The Hall–Kier alpha value is -1.28. The minimum atomic E-state index is 0.513. The van der Waals surface area contributed by atoms with Crippen molar-refractivity contribution >= 4 is 21.6 Å². The first-order valence-electron chi connectivity index (χ1n) is 7.54. The van der Waals surface area contributed by atoms with Crippen LogP contribution in [-0.4, -0.2) is 6.54 Å². The number of aryl methyl sites for hydroxylation is 2. The molecule has 0 spiro atoms. The normalized spacial score (nSPS) is 12.5. The molecule has 2 rings (SSSR count). The lowest BCUT2D eigenvalue weighted by atomic mass is 9.88. The first kappa shape index (κ1) is 16.1. The quantitative estimate of drug-likeness (QED) is 0.709. The van der Waals surface area contributed by atoms with E-state index in [2.05, 4.69) is 91.4 Å². The fourth-order valence-corrected chi connectivity index (χ4v) is 3.60. The Bertz CT molecular complexity index is 567. The van der Waals surface area contributed by atoms with E-state index in [1.165, 1.54) is 22.4 Å². The van der Waals surface area contributed by atoms with Crippen molar-refractivity contribution in [1.29, 1.82) is 0 Å². The molecular weight excluding hydrogens is 322 g/mol. The largest absolute Gasteiger partial charge is 0.383 e. The summed E-state index contributed by atoms with van der Waals surface area (Å²) in [5.74, 6) is 1.11. The molecular formula is C19H24BrN. The zero-order valence-electron chi connectivity index (χ0n) is 13.3. The van der Waals surface area contributed by atoms with Gasteiger partial charge in [0.2, 0.25) is 0 Å². The Labute approximate surface area is 136 Å². The first-order valence-corrected chi connectivity index (χ1v) is 8.34. The second kappa shape index (κ2) is 7.13. The molecule has 0 aliphatic carbocycles. The molecule has 1 unspecified atom stereocenters. The van der Waals surface area contributed by atoms with Gasteiger partial charge in [-0.15, -0.1) is 0 Å². The predicted molar refractivity (Wildman–Crippen MR) is 96.1 cm³/mol. The lowest BCUT2D eigenvalue weighted by Gasteiger charge is -2.23. The summed E-state index contributed by atoms with van der Waals surface area (Å²) in [6.07, 6.45) is 0. The maximum Gasteiger partial charge on any atom is 0.0514 e. The summed E-state index contributed by atoms with van der Waals surface area (Å²) in [6.45, 7) is 9.81. The average molecular weight is 346 g/mol. The van der Waals surface area contributed by atoms with Crippen LogP contribution in [0.5, 0.6) is 0 Å².